The van der Waals surface area contributed by atoms with Crippen LogP contribution in [0.4, 0.5) is 5.69 Å². The summed E-state index contributed by atoms with van der Waals surface area (Å²) in [6.45, 7) is 3.97. The zero-order valence-electron chi connectivity index (χ0n) is 14.8. The van der Waals surface area contributed by atoms with Crippen LogP contribution in [-0.2, 0) is 4.79 Å². The molecule has 0 aliphatic carbocycles. The van der Waals surface area contributed by atoms with E-state index in [2.05, 4.69) is 15.3 Å². The van der Waals surface area contributed by atoms with Crippen LogP contribution in [0.15, 0.2) is 52.4 Å². The van der Waals surface area contributed by atoms with Gasteiger partial charge in [-0.25, -0.2) is 4.98 Å². The second-order valence-electron chi connectivity index (χ2n) is 6.16. The Morgan fingerprint density at radius 2 is 1.85 bits per heavy atom. The number of hydrogen-bond acceptors (Lipinski definition) is 4. The quantitative estimate of drug-likeness (QED) is 0.391. The van der Waals surface area contributed by atoms with Gasteiger partial charge < -0.3 is 10.3 Å². The summed E-state index contributed by atoms with van der Waals surface area (Å²) in [5.74, 6) is 0.713. The van der Waals surface area contributed by atoms with Gasteiger partial charge in [0, 0.05) is 17.9 Å². The maximum absolute atomic E-state index is 12.2. The molecule has 5 nitrogen and oxygen atoms in total. The molecule has 0 saturated carbocycles. The minimum absolute atomic E-state index is 0.00274. The lowest BCUT2D eigenvalue weighted by atomic mass is 10.1. The highest BCUT2D eigenvalue weighted by molar-refractivity contribution is 7.99. The molecule has 26 heavy (non-hydrogen) atoms. The predicted molar refractivity (Wildman–Crippen MR) is 107 cm³/mol. The van der Waals surface area contributed by atoms with E-state index < -0.39 is 0 Å². The third-order valence-corrected chi connectivity index (χ3v) is 5.08. The number of carbonyl (C=O) groups excluding carboxylic acids is 1. The highest BCUT2D eigenvalue weighted by Crippen LogP contribution is 2.20. The Kier molecular flexibility index (Phi) is 5.73. The van der Waals surface area contributed by atoms with E-state index in [4.69, 9.17) is 0 Å². The van der Waals surface area contributed by atoms with Crippen LogP contribution in [0, 0.1) is 13.8 Å². The second-order valence-corrected chi connectivity index (χ2v) is 7.24. The molecule has 0 atom stereocenters. The van der Waals surface area contributed by atoms with E-state index >= 15 is 0 Å². The molecule has 2 aromatic carbocycles. The van der Waals surface area contributed by atoms with Gasteiger partial charge in [-0.05, 0) is 43.5 Å². The highest BCUT2D eigenvalue weighted by Gasteiger charge is 2.08. The van der Waals surface area contributed by atoms with Gasteiger partial charge in [-0.15, -0.1) is 0 Å². The van der Waals surface area contributed by atoms with Crippen LogP contribution in [0.1, 0.15) is 24.0 Å². The molecule has 3 rings (SSSR count). The number of benzene rings is 2. The van der Waals surface area contributed by atoms with Crippen molar-refractivity contribution < 1.29 is 4.79 Å². The molecule has 0 aliphatic rings. The number of nitrogens with zero attached hydrogens (tertiary/aromatic N) is 1. The van der Waals surface area contributed by atoms with Gasteiger partial charge in [0.15, 0.2) is 5.16 Å². The van der Waals surface area contributed by atoms with Crippen molar-refractivity contribution in [1.82, 2.24) is 9.97 Å². The van der Waals surface area contributed by atoms with Crippen molar-refractivity contribution in [3.8, 4) is 0 Å². The molecule has 0 saturated heterocycles. The summed E-state index contributed by atoms with van der Waals surface area (Å²) >= 11 is 1.46. The molecule has 1 aromatic heterocycles. The molecule has 0 aliphatic heterocycles. The van der Waals surface area contributed by atoms with Crippen molar-refractivity contribution in [2.75, 3.05) is 11.1 Å². The van der Waals surface area contributed by atoms with Crippen LogP contribution in [0.3, 0.4) is 0 Å². The van der Waals surface area contributed by atoms with Crippen LogP contribution in [0.5, 0.6) is 0 Å². The van der Waals surface area contributed by atoms with E-state index in [0.29, 0.717) is 34.7 Å². The number of anilines is 1. The normalized spacial score (nSPS) is 10.8. The van der Waals surface area contributed by atoms with Gasteiger partial charge in [0.1, 0.15) is 0 Å². The van der Waals surface area contributed by atoms with Gasteiger partial charge in [-0.2, -0.15) is 0 Å². The minimum atomic E-state index is -0.133. The number of hydrogen-bond donors (Lipinski definition) is 2. The lowest BCUT2D eigenvalue weighted by molar-refractivity contribution is -0.116. The highest BCUT2D eigenvalue weighted by atomic mass is 32.2. The molecular formula is C20H21N3O2S. The van der Waals surface area contributed by atoms with Crippen LogP contribution in [0.2, 0.25) is 0 Å². The molecule has 0 radical (unpaired) electrons. The Hall–Kier alpha value is -2.60. The van der Waals surface area contributed by atoms with Gasteiger partial charge in [-0.1, -0.05) is 42.1 Å². The summed E-state index contributed by atoms with van der Waals surface area (Å²) < 4.78 is 0. The molecule has 0 bridgehead atoms. The molecule has 2 N–H and O–H groups in total. The van der Waals surface area contributed by atoms with Crippen molar-refractivity contribution >= 4 is 34.3 Å². The largest absolute Gasteiger partial charge is 0.326 e. The number of fused-ring (bicyclic) bond motifs is 1. The van der Waals surface area contributed by atoms with Gasteiger partial charge in [0.2, 0.25) is 5.91 Å². The molecular weight excluding hydrogens is 346 g/mol. The number of nitrogens with one attached hydrogen (secondary N) is 2. The number of H-pyrrole nitrogens is 1. The molecule has 6 heteroatoms. The zero-order chi connectivity index (χ0) is 18.5. The monoisotopic (exact) mass is 367 g/mol. The Morgan fingerprint density at radius 1 is 1.12 bits per heavy atom. The van der Waals surface area contributed by atoms with E-state index in [-0.39, 0.29) is 11.5 Å². The van der Waals surface area contributed by atoms with Crippen LogP contribution < -0.4 is 10.9 Å². The zero-order valence-corrected chi connectivity index (χ0v) is 15.7. The van der Waals surface area contributed by atoms with Gasteiger partial charge in [0.05, 0.1) is 10.9 Å². The standard InChI is InChI=1S/C20H21N3O2S/c1-13-7-5-8-14(2)18(13)22-17(24)11-6-12-26-20-21-16-10-4-3-9-15(16)19(25)23-20/h3-5,7-10H,6,11-12H2,1-2H3,(H,22,24)(H,21,23,25). The molecule has 1 heterocycles. The average Bonchev–Trinajstić information content (AvgIpc) is 2.62. The summed E-state index contributed by atoms with van der Waals surface area (Å²) in [4.78, 5) is 31.4. The van der Waals surface area contributed by atoms with Gasteiger partial charge in [0.25, 0.3) is 5.56 Å². The predicted octanol–water partition coefficient (Wildman–Crippen LogP) is 4.05. The Morgan fingerprint density at radius 3 is 2.62 bits per heavy atom. The first kappa shape index (κ1) is 18.2. The van der Waals surface area contributed by atoms with Crippen molar-refractivity contribution in [3.05, 3.63) is 63.9 Å². The minimum Gasteiger partial charge on any atom is -0.326 e. The summed E-state index contributed by atoms with van der Waals surface area (Å²) in [5, 5.41) is 4.16. The number of amides is 1. The van der Waals surface area contributed by atoms with Gasteiger partial charge >= 0.3 is 0 Å². The summed E-state index contributed by atoms with van der Waals surface area (Å²) in [5.41, 5.74) is 3.57. The van der Waals surface area contributed by atoms with Crippen molar-refractivity contribution in [3.63, 3.8) is 0 Å². The third kappa shape index (κ3) is 4.32. The molecule has 0 spiro atoms. The molecule has 3 aromatic rings. The summed E-state index contributed by atoms with van der Waals surface area (Å²) in [7, 11) is 0. The Bertz CT molecular complexity index is 978. The van der Waals surface area contributed by atoms with E-state index in [0.717, 1.165) is 16.8 Å². The molecule has 134 valence electrons. The van der Waals surface area contributed by atoms with E-state index in [9.17, 15) is 9.59 Å². The van der Waals surface area contributed by atoms with E-state index in [1.165, 1.54) is 11.8 Å². The first-order chi connectivity index (χ1) is 12.5. The molecule has 0 unspecified atom stereocenters. The van der Waals surface area contributed by atoms with E-state index in [1.807, 2.05) is 50.2 Å². The SMILES string of the molecule is Cc1cccc(C)c1NC(=O)CCCSc1nc2ccccc2c(=O)[nH]1. The smallest absolute Gasteiger partial charge is 0.259 e. The first-order valence-corrected chi connectivity index (χ1v) is 9.51. The number of thioether (sulfide) groups is 1. The number of rotatable bonds is 6. The molecule has 0 fully saturated rings. The number of aromatic amines is 1. The van der Waals surface area contributed by atoms with Crippen LogP contribution in [0.25, 0.3) is 10.9 Å². The number of aryl methyl sites for hydroxylation is 2. The van der Waals surface area contributed by atoms with Crippen molar-refractivity contribution in [2.45, 2.75) is 31.8 Å². The summed E-state index contributed by atoms with van der Waals surface area (Å²) in [6.07, 6.45) is 1.14. The lowest BCUT2D eigenvalue weighted by Gasteiger charge is -2.11. The fraction of sp³-hybridized carbons (Fsp3) is 0.250. The summed E-state index contributed by atoms with van der Waals surface area (Å²) in [6, 6.07) is 13.2. The van der Waals surface area contributed by atoms with E-state index in [1.54, 1.807) is 6.07 Å². The maximum atomic E-state index is 12.2. The van der Waals surface area contributed by atoms with Crippen LogP contribution >= 0.6 is 11.8 Å². The number of aromatic nitrogens is 2. The second kappa shape index (κ2) is 8.19. The number of para-hydroxylation sites is 2. The Labute approximate surface area is 156 Å². The first-order valence-electron chi connectivity index (χ1n) is 8.52. The maximum Gasteiger partial charge on any atom is 0.259 e. The third-order valence-electron chi connectivity index (χ3n) is 4.12. The fourth-order valence-electron chi connectivity index (χ4n) is 2.75. The fourth-order valence-corrected chi connectivity index (χ4v) is 3.56. The Balaban J connectivity index is 1.53. The van der Waals surface area contributed by atoms with Crippen molar-refractivity contribution in [2.24, 2.45) is 0 Å². The lowest BCUT2D eigenvalue weighted by Crippen LogP contribution is -2.13. The average molecular weight is 367 g/mol. The van der Waals surface area contributed by atoms with Gasteiger partial charge in [-0.3, -0.25) is 9.59 Å². The number of carbonyl (C=O) groups is 1. The van der Waals surface area contributed by atoms with Crippen molar-refractivity contribution in [1.29, 1.82) is 0 Å². The topological polar surface area (TPSA) is 74.8 Å². The van der Waals surface area contributed by atoms with Crippen LogP contribution in [-0.4, -0.2) is 21.6 Å². The molecule has 1 amide bonds.